The second kappa shape index (κ2) is 8.55. The molecule has 2 aromatic rings. The van der Waals surface area contributed by atoms with Crippen LogP contribution < -0.4 is 5.32 Å². The summed E-state index contributed by atoms with van der Waals surface area (Å²) in [5.41, 5.74) is 2.40. The molecule has 0 aliphatic carbocycles. The van der Waals surface area contributed by atoms with Gasteiger partial charge in [0.1, 0.15) is 11.9 Å². The van der Waals surface area contributed by atoms with Gasteiger partial charge in [0.15, 0.2) is 0 Å². The summed E-state index contributed by atoms with van der Waals surface area (Å²) in [6, 6.07) is 6.02. The topological polar surface area (TPSA) is 103 Å². The minimum absolute atomic E-state index is 0.0359. The van der Waals surface area contributed by atoms with E-state index in [1.807, 2.05) is 6.07 Å². The number of likely N-dealkylation sites (tertiary alicyclic amines) is 1. The molecule has 1 unspecified atom stereocenters. The van der Waals surface area contributed by atoms with Crippen LogP contribution in [0.2, 0.25) is 0 Å². The Morgan fingerprint density at radius 1 is 1.15 bits per heavy atom. The number of nitrogens with zero attached hydrogens (tertiary/aromatic N) is 3. The van der Waals surface area contributed by atoms with Gasteiger partial charge in [0, 0.05) is 36.8 Å². The summed E-state index contributed by atoms with van der Waals surface area (Å²) < 4.78 is 15.0. The third-order valence-corrected chi connectivity index (χ3v) is 6.93. The number of hydrogen-bond donors (Lipinski definition) is 2. The number of amides is 3. The molecule has 0 saturated carbocycles. The number of benzene rings is 1. The Kier molecular flexibility index (Phi) is 5.57. The Morgan fingerprint density at radius 2 is 1.94 bits per heavy atom. The number of piperidine rings is 2. The lowest BCUT2D eigenvalue weighted by molar-refractivity contribution is -0.136. The van der Waals surface area contributed by atoms with Crippen LogP contribution in [0.3, 0.4) is 0 Å². The number of fused-ring (bicyclic) bond motifs is 1. The first-order valence-corrected chi connectivity index (χ1v) is 11.2. The van der Waals surface area contributed by atoms with E-state index < -0.39 is 17.8 Å². The average Bonchev–Trinajstić information content (AvgIpc) is 3.11. The van der Waals surface area contributed by atoms with Gasteiger partial charge < -0.3 is 10.0 Å². The summed E-state index contributed by atoms with van der Waals surface area (Å²) >= 11 is 0. The smallest absolute Gasteiger partial charge is 0.255 e. The summed E-state index contributed by atoms with van der Waals surface area (Å²) in [5.74, 6) is -1.49. The molecule has 1 atom stereocenters. The highest BCUT2D eigenvalue weighted by Gasteiger charge is 2.40. The lowest BCUT2D eigenvalue weighted by Crippen LogP contribution is -2.52. The van der Waals surface area contributed by atoms with Crippen LogP contribution >= 0.6 is 0 Å². The van der Waals surface area contributed by atoms with E-state index in [0.29, 0.717) is 17.7 Å². The number of carbonyl (C=O) groups is 3. The van der Waals surface area contributed by atoms with Gasteiger partial charge in [0.05, 0.1) is 0 Å². The predicted octanol–water partition coefficient (Wildman–Crippen LogP) is 2.07. The summed E-state index contributed by atoms with van der Waals surface area (Å²) in [7, 11) is 0. The monoisotopic (exact) mass is 452 g/mol. The molecule has 3 aliphatic heterocycles. The van der Waals surface area contributed by atoms with Crippen molar-refractivity contribution >= 4 is 17.7 Å². The van der Waals surface area contributed by atoms with Crippen LogP contribution in [0.5, 0.6) is 5.88 Å². The fourth-order valence-corrected chi connectivity index (χ4v) is 5.12. The number of aromatic nitrogens is 1. The zero-order chi connectivity index (χ0) is 23.1. The van der Waals surface area contributed by atoms with Gasteiger partial charge in [-0.2, -0.15) is 0 Å². The number of hydrogen-bond acceptors (Lipinski definition) is 6. The quantitative estimate of drug-likeness (QED) is 0.689. The number of pyridine rings is 1. The maximum absolute atomic E-state index is 15.0. The van der Waals surface area contributed by atoms with Crippen molar-refractivity contribution in [1.82, 2.24) is 20.1 Å². The lowest BCUT2D eigenvalue weighted by atomic mass is 9.87. The third-order valence-electron chi connectivity index (χ3n) is 6.93. The van der Waals surface area contributed by atoms with E-state index in [2.05, 4.69) is 15.2 Å². The molecule has 5 rings (SSSR count). The molecule has 0 bridgehead atoms. The van der Waals surface area contributed by atoms with Crippen molar-refractivity contribution in [2.24, 2.45) is 0 Å². The molecule has 3 aliphatic rings. The van der Waals surface area contributed by atoms with Crippen LogP contribution in [0.25, 0.3) is 0 Å². The molecule has 2 saturated heterocycles. The normalized spacial score (nSPS) is 21.9. The number of aromatic hydroxyl groups is 1. The Labute approximate surface area is 190 Å². The molecule has 4 heterocycles. The summed E-state index contributed by atoms with van der Waals surface area (Å²) in [6.07, 6.45) is 3.55. The van der Waals surface area contributed by atoms with Gasteiger partial charge in [-0.25, -0.2) is 9.37 Å². The summed E-state index contributed by atoms with van der Waals surface area (Å²) in [5, 5.41) is 12.2. The van der Waals surface area contributed by atoms with Gasteiger partial charge in [0.2, 0.25) is 17.7 Å². The van der Waals surface area contributed by atoms with Gasteiger partial charge in [0.25, 0.3) is 5.91 Å². The first kappa shape index (κ1) is 21.5. The first-order chi connectivity index (χ1) is 15.9. The molecule has 2 fully saturated rings. The van der Waals surface area contributed by atoms with Gasteiger partial charge in [-0.1, -0.05) is 12.1 Å². The number of carbonyl (C=O) groups excluding carboxylic acids is 3. The largest absolute Gasteiger partial charge is 0.493 e. The van der Waals surface area contributed by atoms with E-state index in [4.69, 9.17) is 0 Å². The SMILES string of the molecule is O=C1CCC(N2Cc3cc(C4CCN(Cc5cccnc5O)CC4)c(F)cc3C2=O)C(=O)N1. The van der Waals surface area contributed by atoms with Gasteiger partial charge in [-0.3, -0.25) is 24.6 Å². The molecule has 2 N–H and O–H groups in total. The highest BCUT2D eigenvalue weighted by atomic mass is 19.1. The molecule has 9 heteroatoms. The van der Waals surface area contributed by atoms with Gasteiger partial charge >= 0.3 is 0 Å². The van der Waals surface area contributed by atoms with Crippen molar-refractivity contribution < 1.29 is 23.9 Å². The fraction of sp³-hybridized carbons (Fsp3) is 0.417. The van der Waals surface area contributed by atoms with Crippen LogP contribution in [0.1, 0.15) is 58.6 Å². The molecule has 1 aromatic heterocycles. The van der Waals surface area contributed by atoms with Crippen molar-refractivity contribution in [2.75, 3.05) is 13.1 Å². The second-order valence-electron chi connectivity index (χ2n) is 8.97. The molecular weight excluding hydrogens is 427 g/mol. The standard InChI is InChI=1S/C24H25FN4O4/c25-19-11-18-16(13-29(24(18)33)20-3-4-21(30)27-23(20)32)10-17(19)14-5-8-28(9-6-14)12-15-2-1-7-26-22(15)31/h1-2,7,10-11,14,20H,3-6,8-9,12-13H2,(H,26,31)(H,27,30,32). The number of halogens is 1. The van der Waals surface area contributed by atoms with E-state index >= 15 is 4.39 Å². The van der Waals surface area contributed by atoms with Crippen molar-refractivity contribution in [3.8, 4) is 5.88 Å². The lowest BCUT2D eigenvalue weighted by Gasteiger charge is -2.32. The summed E-state index contributed by atoms with van der Waals surface area (Å²) in [6.45, 7) is 2.36. The van der Waals surface area contributed by atoms with Crippen molar-refractivity contribution in [3.63, 3.8) is 0 Å². The van der Waals surface area contributed by atoms with Crippen LogP contribution in [0.15, 0.2) is 30.5 Å². The Morgan fingerprint density at radius 3 is 2.67 bits per heavy atom. The maximum atomic E-state index is 15.0. The van der Waals surface area contributed by atoms with Crippen molar-refractivity contribution in [3.05, 3.63) is 58.5 Å². The third kappa shape index (κ3) is 4.08. The van der Waals surface area contributed by atoms with E-state index in [1.54, 1.807) is 18.3 Å². The molecule has 0 spiro atoms. The summed E-state index contributed by atoms with van der Waals surface area (Å²) in [4.78, 5) is 44.1. The molecule has 3 amide bonds. The Hall–Kier alpha value is -3.33. The van der Waals surface area contributed by atoms with Crippen LogP contribution in [-0.4, -0.2) is 56.7 Å². The Bertz CT molecular complexity index is 1130. The number of imide groups is 1. The Balaban J connectivity index is 1.27. The highest BCUT2D eigenvalue weighted by Crippen LogP contribution is 2.35. The van der Waals surface area contributed by atoms with E-state index in [1.165, 1.54) is 11.0 Å². The van der Waals surface area contributed by atoms with Crippen LogP contribution in [-0.2, 0) is 22.7 Å². The van der Waals surface area contributed by atoms with E-state index in [0.717, 1.165) is 37.1 Å². The molecule has 0 radical (unpaired) electrons. The van der Waals surface area contributed by atoms with Crippen LogP contribution in [0, 0.1) is 5.82 Å². The number of nitrogens with one attached hydrogen (secondary N) is 1. The molecule has 1 aromatic carbocycles. The fourth-order valence-electron chi connectivity index (χ4n) is 5.12. The van der Waals surface area contributed by atoms with Gasteiger partial charge in [-0.15, -0.1) is 0 Å². The van der Waals surface area contributed by atoms with E-state index in [9.17, 15) is 19.5 Å². The predicted molar refractivity (Wildman–Crippen MR) is 116 cm³/mol. The highest BCUT2D eigenvalue weighted by molar-refractivity contribution is 6.05. The second-order valence-corrected chi connectivity index (χ2v) is 8.97. The van der Waals surface area contributed by atoms with Crippen molar-refractivity contribution in [2.45, 2.75) is 50.7 Å². The molecular formula is C24H25FN4O4. The molecule has 8 nitrogen and oxygen atoms in total. The molecule has 172 valence electrons. The minimum Gasteiger partial charge on any atom is -0.493 e. The van der Waals surface area contributed by atoms with Crippen molar-refractivity contribution in [1.29, 1.82) is 0 Å². The van der Waals surface area contributed by atoms with E-state index in [-0.39, 0.29) is 43.0 Å². The van der Waals surface area contributed by atoms with Gasteiger partial charge in [-0.05, 0) is 61.5 Å². The zero-order valence-electron chi connectivity index (χ0n) is 18.1. The molecule has 33 heavy (non-hydrogen) atoms. The van der Waals surface area contributed by atoms with Crippen LogP contribution in [0.4, 0.5) is 4.39 Å². The minimum atomic E-state index is -0.707. The zero-order valence-corrected chi connectivity index (χ0v) is 18.1. The maximum Gasteiger partial charge on any atom is 0.255 e. The number of rotatable bonds is 4. The average molecular weight is 452 g/mol. The first-order valence-electron chi connectivity index (χ1n) is 11.2.